The highest BCUT2D eigenvalue weighted by atomic mass is 32.1. The lowest BCUT2D eigenvalue weighted by Crippen LogP contribution is -2.44. The maximum absolute atomic E-state index is 13.2. The van der Waals surface area contributed by atoms with Crippen LogP contribution in [0.1, 0.15) is 48.5 Å². The van der Waals surface area contributed by atoms with E-state index in [-0.39, 0.29) is 29.7 Å². The fourth-order valence-corrected chi connectivity index (χ4v) is 4.98. The van der Waals surface area contributed by atoms with Crippen molar-refractivity contribution in [3.8, 4) is 10.7 Å². The van der Waals surface area contributed by atoms with E-state index in [0.717, 1.165) is 29.0 Å². The van der Waals surface area contributed by atoms with Crippen LogP contribution in [0.4, 0.5) is 0 Å². The molecule has 164 valence electrons. The highest BCUT2D eigenvalue weighted by molar-refractivity contribution is 7.15. The molecule has 0 saturated carbocycles. The molecule has 1 saturated heterocycles. The zero-order chi connectivity index (χ0) is 22.3. The molecule has 0 radical (unpaired) electrons. The van der Waals surface area contributed by atoms with Crippen LogP contribution in [-0.2, 0) is 17.9 Å². The van der Waals surface area contributed by atoms with Crippen LogP contribution in [-0.4, -0.2) is 48.4 Å². The zero-order valence-corrected chi connectivity index (χ0v) is 18.7. The third-order valence-corrected chi connectivity index (χ3v) is 6.78. The molecule has 4 rings (SSSR count). The van der Waals surface area contributed by atoms with Gasteiger partial charge in [0.25, 0.3) is 5.91 Å². The number of thiophene rings is 1. The molecule has 3 aromatic rings. The SMILES string of the molecule is CCn1c(=O)n(CC(=O)N2CCCC[C@@H]2C)c2c(C(N)=O)nc(-c3ccc(C)s3)nc21. The minimum atomic E-state index is -0.761. The van der Waals surface area contributed by atoms with E-state index in [1.807, 2.05) is 32.9 Å². The van der Waals surface area contributed by atoms with Gasteiger partial charge in [0.2, 0.25) is 5.91 Å². The number of nitrogens with two attached hydrogens (primary N) is 1. The molecule has 9 nitrogen and oxygen atoms in total. The summed E-state index contributed by atoms with van der Waals surface area (Å²) in [6.07, 6.45) is 2.97. The van der Waals surface area contributed by atoms with Gasteiger partial charge < -0.3 is 10.6 Å². The van der Waals surface area contributed by atoms with E-state index in [4.69, 9.17) is 5.73 Å². The monoisotopic (exact) mass is 442 g/mol. The Hall–Kier alpha value is -3.01. The molecule has 0 aromatic carbocycles. The first-order valence-corrected chi connectivity index (χ1v) is 11.3. The smallest absolute Gasteiger partial charge is 0.330 e. The Morgan fingerprint density at radius 2 is 2.00 bits per heavy atom. The highest BCUT2D eigenvalue weighted by Gasteiger charge is 2.28. The van der Waals surface area contributed by atoms with Gasteiger partial charge in [0.1, 0.15) is 12.1 Å². The molecule has 1 aliphatic heterocycles. The molecule has 0 bridgehead atoms. The first-order chi connectivity index (χ1) is 14.8. The van der Waals surface area contributed by atoms with Crippen LogP contribution < -0.4 is 11.4 Å². The molecule has 1 atom stereocenters. The Bertz CT molecular complexity index is 1220. The summed E-state index contributed by atoms with van der Waals surface area (Å²) in [5.74, 6) is -0.574. The summed E-state index contributed by atoms with van der Waals surface area (Å²) in [5, 5.41) is 0. The molecule has 4 heterocycles. The number of aryl methyl sites for hydroxylation is 2. The molecule has 0 aliphatic carbocycles. The highest BCUT2D eigenvalue weighted by Crippen LogP contribution is 2.27. The van der Waals surface area contributed by atoms with Crippen molar-refractivity contribution in [3.05, 3.63) is 33.2 Å². The van der Waals surface area contributed by atoms with Gasteiger partial charge in [-0.2, -0.15) is 0 Å². The topological polar surface area (TPSA) is 116 Å². The van der Waals surface area contributed by atoms with E-state index in [1.165, 1.54) is 20.5 Å². The third kappa shape index (κ3) is 3.76. The van der Waals surface area contributed by atoms with Crippen LogP contribution in [0.5, 0.6) is 0 Å². The fourth-order valence-electron chi connectivity index (χ4n) is 4.17. The number of rotatable bonds is 5. The number of nitrogens with zero attached hydrogens (tertiary/aromatic N) is 5. The molecular formula is C21H26N6O3S. The molecule has 0 spiro atoms. The van der Waals surface area contributed by atoms with Gasteiger partial charge in [-0.1, -0.05) is 0 Å². The predicted octanol–water partition coefficient (Wildman–Crippen LogP) is 2.15. The molecule has 0 unspecified atom stereocenters. The van der Waals surface area contributed by atoms with Crippen molar-refractivity contribution in [1.82, 2.24) is 24.0 Å². The van der Waals surface area contributed by atoms with Crippen LogP contribution in [0.2, 0.25) is 0 Å². The van der Waals surface area contributed by atoms with Gasteiger partial charge in [-0.3, -0.25) is 18.7 Å². The van der Waals surface area contributed by atoms with E-state index >= 15 is 0 Å². The molecule has 1 fully saturated rings. The van der Waals surface area contributed by atoms with E-state index in [0.29, 0.717) is 24.6 Å². The summed E-state index contributed by atoms with van der Waals surface area (Å²) in [6.45, 7) is 6.64. The van der Waals surface area contributed by atoms with Crippen LogP contribution in [0.15, 0.2) is 16.9 Å². The van der Waals surface area contributed by atoms with E-state index < -0.39 is 11.6 Å². The number of carbonyl (C=O) groups is 2. The summed E-state index contributed by atoms with van der Waals surface area (Å²) in [5.41, 5.74) is 5.74. The number of fused-ring (bicyclic) bond motifs is 1. The quantitative estimate of drug-likeness (QED) is 0.650. The van der Waals surface area contributed by atoms with Crippen LogP contribution in [0.3, 0.4) is 0 Å². The number of likely N-dealkylation sites (tertiary alicyclic amines) is 1. The number of aromatic nitrogens is 4. The number of carbonyl (C=O) groups excluding carboxylic acids is 2. The second-order valence-electron chi connectivity index (χ2n) is 7.89. The number of hydrogen-bond donors (Lipinski definition) is 1. The maximum atomic E-state index is 13.2. The summed E-state index contributed by atoms with van der Waals surface area (Å²) < 4.78 is 2.76. The Kier molecular flexibility index (Phi) is 5.65. The minimum Gasteiger partial charge on any atom is -0.364 e. The van der Waals surface area contributed by atoms with Gasteiger partial charge >= 0.3 is 5.69 Å². The summed E-state index contributed by atoms with van der Waals surface area (Å²) in [6, 6.07) is 3.93. The number of amides is 2. The van der Waals surface area contributed by atoms with Crippen molar-refractivity contribution in [2.45, 2.75) is 59.2 Å². The molecule has 2 N–H and O–H groups in total. The Morgan fingerprint density at radius 3 is 2.61 bits per heavy atom. The molecule has 2 amide bonds. The van der Waals surface area contributed by atoms with Crippen molar-refractivity contribution in [3.63, 3.8) is 0 Å². The number of piperidine rings is 1. The van der Waals surface area contributed by atoms with E-state index in [9.17, 15) is 14.4 Å². The summed E-state index contributed by atoms with van der Waals surface area (Å²) in [7, 11) is 0. The van der Waals surface area contributed by atoms with Gasteiger partial charge in [-0.25, -0.2) is 14.8 Å². The average molecular weight is 443 g/mol. The van der Waals surface area contributed by atoms with Gasteiger partial charge in [-0.15, -0.1) is 11.3 Å². The first kappa shape index (κ1) is 21.2. The summed E-state index contributed by atoms with van der Waals surface area (Å²) >= 11 is 1.49. The molecule has 1 aliphatic rings. The lowest BCUT2D eigenvalue weighted by Gasteiger charge is -2.33. The van der Waals surface area contributed by atoms with Gasteiger partial charge in [-0.05, 0) is 52.2 Å². The number of imidazole rings is 1. The van der Waals surface area contributed by atoms with Crippen molar-refractivity contribution in [1.29, 1.82) is 0 Å². The largest absolute Gasteiger partial charge is 0.364 e. The second kappa shape index (κ2) is 8.26. The minimum absolute atomic E-state index is 0.0464. The Labute approximate surface area is 183 Å². The Morgan fingerprint density at radius 1 is 1.23 bits per heavy atom. The standard InChI is InChI=1S/C21H26N6O3S/c1-4-25-20-17(16(18(22)29)23-19(24-20)14-9-8-13(3)31-14)27(21(25)30)11-15(28)26-10-6-5-7-12(26)2/h8-9,12H,4-7,10-11H2,1-3H3,(H2,22,29)/t12-/m0/s1. The van der Waals surface area contributed by atoms with Crippen LogP contribution in [0, 0.1) is 6.92 Å². The van der Waals surface area contributed by atoms with Crippen molar-refractivity contribution in [2.75, 3.05) is 6.54 Å². The Balaban J connectivity index is 1.88. The zero-order valence-electron chi connectivity index (χ0n) is 17.9. The lowest BCUT2D eigenvalue weighted by atomic mass is 10.0. The summed E-state index contributed by atoms with van der Waals surface area (Å²) in [4.78, 5) is 51.2. The molecule has 3 aromatic heterocycles. The van der Waals surface area contributed by atoms with Crippen LogP contribution >= 0.6 is 11.3 Å². The van der Waals surface area contributed by atoms with Crippen LogP contribution in [0.25, 0.3) is 21.9 Å². The van der Waals surface area contributed by atoms with Crippen molar-refractivity contribution >= 4 is 34.3 Å². The lowest BCUT2D eigenvalue weighted by molar-refractivity contribution is -0.135. The molecule has 10 heteroatoms. The van der Waals surface area contributed by atoms with Crippen molar-refractivity contribution in [2.24, 2.45) is 5.73 Å². The average Bonchev–Trinajstić information content (AvgIpc) is 3.28. The first-order valence-electron chi connectivity index (χ1n) is 10.5. The third-order valence-electron chi connectivity index (χ3n) is 5.78. The number of primary amides is 1. The van der Waals surface area contributed by atoms with Crippen molar-refractivity contribution < 1.29 is 9.59 Å². The van der Waals surface area contributed by atoms with Gasteiger partial charge in [0.15, 0.2) is 17.2 Å². The van der Waals surface area contributed by atoms with Gasteiger partial charge in [0, 0.05) is 24.0 Å². The second-order valence-corrected chi connectivity index (χ2v) is 9.18. The normalized spacial score (nSPS) is 16.7. The molecule has 31 heavy (non-hydrogen) atoms. The maximum Gasteiger partial charge on any atom is 0.330 e. The van der Waals surface area contributed by atoms with E-state index in [2.05, 4.69) is 9.97 Å². The van der Waals surface area contributed by atoms with Gasteiger partial charge in [0.05, 0.1) is 4.88 Å². The number of hydrogen-bond acceptors (Lipinski definition) is 6. The fraction of sp³-hybridized carbons (Fsp3) is 0.476. The predicted molar refractivity (Wildman–Crippen MR) is 119 cm³/mol. The molecular weight excluding hydrogens is 416 g/mol. The van der Waals surface area contributed by atoms with E-state index in [1.54, 1.807) is 4.90 Å².